The van der Waals surface area contributed by atoms with Gasteiger partial charge < -0.3 is 4.57 Å². The smallest absolute Gasteiger partial charge is 0.164 e. The van der Waals surface area contributed by atoms with Gasteiger partial charge in [-0.05, 0) is 63.7 Å². The van der Waals surface area contributed by atoms with Crippen molar-refractivity contribution in [3.05, 3.63) is 206 Å². The Balaban J connectivity index is 0.949. The van der Waals surface area contributed by atoms with Gasteiger partial charge in [0.05, 0.1) is 11.0 Å². The second kappa shape index (κ2) is 14.2. The highest BCUT2D eigenvalue weighted by Crippen LogP contribution is 2.48. The van der Waals surface area contributed by atoms with Crippen LogP contribution in [0.1, 0.15) is 0 Å². The fraction of sp³-hybridized carbons (Fsp3) is 0. The summed E-state index contributed by atoms with van der Waals surface area (Å²) >= 11 is 3.71. The highest BCUT2D eigenvalue weighted by atomic mass is 32.1. The Labute approximate surface area is 381 Å². The van der Waals surface area contributed by atoms with Gasteiger partial charge in [-0.25, -0.2) is 15.0 Å². The minimum Gasteiger partial charge on any atom is -0.309 e. The van der Waals surface area contributed by atoms with Gasteiger partial charge in [-0.15, -0.1) is 22.7 Å². The maximum Gasteiger partial charge on any atom is 0.164 e. The van der Waals surface area contributed by atoms with E-state index in [9.17, 15) is 0 Å². The molecular formula is C59H34N4S2. The van der Waals surface area contributed by atoms with Gasteiger partial charge in [0.25, 0.3) is 0 Å². The van der Waals surface area contributed by atoms with E-state index in [-0.39, 0.29) is 0 Å². The summed E-state index contributed by atoms with van der Waals surface area (Å²) < 4.78 is 7.59. The van der Waals surface area contributed by atoms with E-state index in [2.05, 4.69) is 205 Å². The first-order valence-corrected chi connectivity index (χ1v) is 23.5. The van der Waals surface area contributed by atoms with Crippen LogP contribution in [0.25, 0.3) is 135 Å². The number of fused-ring (bicyclic) bond motifs is 14. The van der Waals surface area contributed by atoms with E-state index in [1.54, 1.807) is 0 Å². The van der Waals surface area contributed by atoms with Gasteiger partial charge in [-0.3, -0.25) is 0 Å². The number of nitrogens with zero attached hydrogens (tertiary/aromatic N) is 4. The van der Waals surface area contributed by atoms with Gasteiger partial charge in [0.15, 0.2) is 17.5 Å². The van der Waals surface area contributed by atoms with Crippen molar-refractivity contribution in [2.75, 3.05) is 0 Å². The average Bonchev–Trinajstić information content (AvgIpc) is 4.06. The molecule has 6 heteroatoms. The molecule has 4 aromatic heterocycles. The third kappa shape index (κ3) is 5.64. The molecule has 0 spiro atoms. The Morgan fingerprint density at radius 3 is 1.83 bits per heavy atom. The Morgan fingerprint density at radius 1 is 0.338 bits per heavy atom. The predicted molar refractivity (Wildman–Crippen MR) is 277 cm³/mol. The van der Waals surface area contributed by atoms with E-state index in [1.165, 1.54) is 78.5 Å². The van der Waals surface area contributed by atoms with Crippen LogP contribution in [0.3, 0.4) is 0 Å². The van der Waals surface area contributed by atoms with Crippen molar-refractivity contribution in [1.82, 2.24) is 19.5 Å². The molecule has 14 aromatic rings. The summed E-state index contributed by atoms with van der Waals surface area (Å²) in [5.74, 6) is 1.95. The number of benzene rings is 10. The summed E-state index contributed by atoms with van der Waals surface area (Å²) in [7, 11) is 0. The summed E-state index contributed by atoms with van der Waals surface area (Å²) in [5, 5.41) is 12.5. The molecule has 0 N–H and O–H groups in total. The predicted octanol–water partition coefficient (Wildman–Crippen LogP) is 16.7. The van der Waals surface area contributed by atoms with Crippen molar-refractivity contribution < 1.29 is 0 Å². The third-order valence-corrected chi connectivity index (χ3v) is 15.4. The maximum atomic E-state index is 5.22. The SMILES string of the molecule is c1ccc(-c2ccc(-c3nc(-c4ccc5c(c4)sc4ccc(-n6c7ccccc7c7c8ccccc8c8sc9ccccc9c8c76)cc45)nc(-c4cccc5ccccc45)n3)cc2)cc1. The Hall–Kier alpha value is -8.03. The van der Waals surface area contributed by atoms with E-state index in [0.29, 0.717) is 17.5 Å². The van der Waals surface area contributed by atoms with Crippen molar-refractivity contribution in [3.8, 4) is 51.0 Å². The highest BCUT2D eigenvalue weighted by molar-refractivity contribution is 7.27. The first kappa shape index (κ1) is 36.5. The van der Waals surface area contributed by atoms with Gasteiger partial charge in [-0.1, -0.05) is 170 Å². The van der Waals surface area contributed by atoms with Gasteiger partial charge in [0, 0.05) is 78.9 Å². The van der Waals surface area contributed by atoms with Gasteiger partial charge >= 0.3 is 0 Å². The van der Waals surface area contributed by atoms with Crippen LogP contribution < -0.4 is 0 Å². The molecule has 65 heavy (non-hydrogen) atoms. The van der Waals surface area contributed by atoms with E-state index in [1.807, 2.05) is 28.7 Å². The average molecular weight is 863 g/mol. The standard InChI is InChI=1S/C59H34N4S2/c1-2-13-35(14-3-1)36-25-27-38(28-26-36)57-60-58(62-59(61-57)45-22-12-16-37-15-4-5-17-41(37)45)39-29-31-42-48-34-40(30-32-51(48)64-52(42)33-39)63-49-23-10-8-20-46(49)53-43-18-6-7-19-44(43)56-54(55(53)63)47-21-9-11-24-50(47)65-56/h1-34H. The molecule has 0 aliphatic rings. The van der Waals surface area contributed by atoms with Crippen molar-refractivity contribution >= 4 is 106 Å². The Kier molecular flexibility index (Phi) is 7.99. The number of thiophene rings is 2. The summed E-state index contributed by atoms with van der Waals surface area (Å²) in [6.45, 7) is 0. The summed E-state index contributed by atoms with van der Waals surface area (Å²) in [5.41, 5.74) is 8.82. The molecule has 14 rings (SSSR count). The maximum absolute atomic E-state index is 5.22. The summed E-state index contributed by atoms with van der Waals surface area (Å²) in [6.07, 6.45) is 0. The Bertz CT molecular complexity index is 4230. The third-order valence-electron chi connectivity index (χ3n) is 13.0. The molecular weight excluding hydrogens is 829 g/mol. The molecule has 10 aromatic carbocycles. The fourth-order valence-corrected chi connectivity index (χ4v) is 12.4. The molecule has 4 nitrogen and oxygen atoms in total. The van der Waals surface area contributed by atoms with Crippen LogP contribution in [0.2, 0.25) is 0 Å². The molecule has 0 aliphatic heterocycles. The molecule has 0 aliphatic carbocycles. The monoisotopic (exact) mass is 862 g/mol. The lowest BCUT2D eigenvalue weighted by molar-refractivity contribution is 1.08. The zero-order valence-electron chi connectivity index (χ0n) is 34.7. The van der Waals surface area contributed by atoms with Crippen molar-refractivity contribution in [3.63, 3.8) is 0 Å². The largest absolute Gasteiger partial charge is 0.309 e. The molecule has 0 saturated carbocycles. The zero-order chi connectivity index (χ0) is 42.6. The lowest BCUT2D eigenvalue weighted by Crippen LogP contribution is -2.00. The van der Waals surface area contributed by atoms with Crippen LogP contribution in [0.4, 0.5) is 0 Å². The number of aromatic nitrogens is 4. The van der Waals surface area contributed by atoms with Crippen molar-refractivity contribution in [2.24, 2.45) is 0 Å². The van der Waals surface area contributed by atoms with Crippen LogP contribution in [-0.4, -0.2) is 19.5 Å². The minimum atomic E-state index is 0.644. The molecule has 4 heterocycles. The van der Waals surface area contributed by atoms with E-state index >= 15 is 0 Å². The zero-order valence-corrected chi connectivity index (χ0v) is 36.4. The topological polar surface area (TPSA) is 43.6 Å². The highest BCUT2D eigenvalue weighted by Gasteiger charge is 2.23. The van der Waals surface area contributed by atoms with Crippen LogP contribution in [0.15, 0.2) is 206 Å². The van der Waals surface area contributed by atoms with E-state index in [4.69, 9.17) is 15.0 Å². The molecule has 0 unspecified atom stereocenters. The number of hydrogen-bond acceptors (Lipinski definition) is 5. The lowest BCUT2D eigenvalue weighted by Gasteiger charge is -2.11. The lowest BCUT2D eigenvalue weighted by atomic mass is 10.00. The van der Waals surface area contributed by atoms with Gasteiger partial charge in [0.1, 0.15) is 0 Å². The molecule has 0 amide bonds. The first-order valence-electron chi connectivity index (χ1n) is 21.8. The molecule has 0 saturated heterocycles. The van der Waals surface area contributed by atoms with Crippen LogP contribution in [0.5, 0.6) is 0 Å². The van der Waals surface area contributed by atoms with E-state index < -0.39 is 0 Å². The normalized spacial score (nSPS) is 12.0. The van der Waals surface area contributed by atoms with E-state index in [0.717, 1.165) is 38.7 Å². The van der Waals surface area contributed by atoms with Gasteiger partial charge in [-0.2, -0.15) is 0 Å². The Morgan fingerprint density at radius 2 is 0.969 bits per heavy atom. The fourth-order valence-electron chi connectivity index (χ4n) is 10.0. The van der Waals surface area contributed by atoms with Gasteiger partial charge in [0.2, 0.25) is 0 Å². The van der Waals surface area contributed by atoms with Crippen LogP contribution >= 0.6 is 22.7 Å². The molecule has 0 atom stereocenters. The van der Waals surface area contributed by atoms with Crippen LogP contribution in [-0.2, 0) is 0 Å². The number of hydrogen-bond donors (Lipinski definition) is 0. The van der Waals surface area contributed by atoms with Crippen LogP contribution in [0, 0.1) is 0 Å². The van der Waals surface area contributed by atoms with Crippen molar-refractivity contribution in [1.29, 1.82) is 0 Å². The summed E-state index contributed by atoms with van der Waals surface area (Å²) in [6, 6.07) is 74.2. The quantitative estimate of drug-likeness (QED) is 0.173. The molecule has 0 fully saturated rings. The second-order valence-electron chi connectivity index (χ2n) is 16.7. The second-order valence-corrected chi connectivity index (χ2v) is 18.8. The first-order chi connectivity index (χ1) is 32.2. The van der Waals surface area contributed by atoms with Crippen molar-refractivity contribution in [2.45, 2.75) is 0 Å². The number of rotatable bonds is 5. The molecule has 0 bridgehead atoms. The summed E-state index contributed by atoms with van der Waals surface area (Å²) in [4.78, 5) is 15.6. The molecule has 302 valence electrons. The number of para-hydroxylation sites is 1. The molecule has 0 radical (unpaired) electrons. The minimum absolute atomic E-state index is 0.644.